The largest absolute Gasteiger partial charge is 0.454 e. The number of fused-ring (bicyclic) bond motifs is 2. The molecule has 1 fully saturated rings. The molecule has 0 aliphatic heterocycles. The summed E-state index contributed by atoms with van der Waals surface area (Å²) in [5.74, 6) is -1.13. The van der Waals surface area contributed by atoms with Gasteiger partial charge in [0.2, 0.25) is 0 Å². The molecule has 4 rings (SSSR count). The van der Waals surface area contributed by atoms with E-state index >= 15 is 0 Å². The van der Waals surface area contributed by atoms with Gasteiger partial charge in [0.15, 0.2) is 0 Å². The Hall–Kier alpha value is -2.36. The summed E-state index contributed by atoms with van der Waals surface area (Å²) in [7, 11) is 0. The molecule has 4 heteroatoms. The van der Waals surface area contributed by atoms with Crippen molar-refractivity contribution in [3.05, 3.63) is 59.8 Å². The van der Waals surface area contributed by atoms with E-state index in [9.17, 15) is 9.59 Å². The lowest BCUT2D eigenvalue weighted by atomic mass is 9.76. The van der Waals surface area contributed by atoms with Crippen LogP contribution in [0.4, 0.5) is 0 Å². The van der Waals surface area contributed by atoms with Crippen molar-refractivity contribution < 1.29 is 19.1 Å². The number of allylic oxidation sites excluding steroid dienone is 6. The molecule has 37 heavy (non-hydrogen) atoms. The molecule has 0 saturated heterocycles. The van der Waals surface area contributed by atoms with Gasteiger partial charge in [-0.3, -0.25) is 9.59 Å². The van der Waals surface area contributed by atoms with Gasteiger partial charge < -0.3 is 9.47 Å². The summed E-state index contributed by atoms with van der Waals surface area (Å²) < 4.78 is 12.8. The van der Waals surface area contributed by atoms with E-state index in [-0.39, 0.29) is 35.6 Å². The summed E-state index contributed by atoms with van der Waals surface area (Å²) in [4.78, 5) is 27.8. The molecule has 1 saturated carbocycles. The molecule has 0 radical (unpaired) electrons. The Morgan fingerprint density at radius 1 is 0.730 bits per heavy atom. The maximum atomic E-state index is 13.9. The van der Waals surface area contributed by atoms with Crippen molar-refractivity contribution in [3.63, 3.8) is 0 Å². The van der Waals surface area contributed by atoms with E-state index < -0.39 is 23.0 Å². The molecule has 0 heterocycles. The van der Waals surface area contributed by atoms with Crippen LogP contribution >= 0.6 is 0 Å². The Morgan fingerprint density at radius 3 is 1.46 bits per heavy atom. The highest BCUT2D eigenvalue weighted by molar-refractivity contribution is 5.85. The standard InChI is InChI=1S/C33H46O4/c1-7-22-15-17-32(11-5,26(9-3)19-22)36-30(34)28-24-13-14-25(21-24)29(28)31(35)37-33(12-6)18-16-23(8-2)20-27(33)10-4/h13-20,24-29H,7-12,21H2,1-6H3. The van der Waals surface area contributed by atoms with Gasteiger partial charge in [-0.2, -0.15) is 0 Å². The second-order valence-corrected chi connectivity index (χ2v) is 11.3. The van der Waals surface area contributed by atoms with Crippen LogP contribution in [0.2, 0.25) is 0 Å². The molecule has 2 bridgehead atoms. The molecule has 8 atom stereocenters. The molecule has 4 aliphatic carbocycles. The predicted octanol–water partition coefficient (Wildman–Crippen LogP) is 7.67. The summed E-state index contributed by atoms with van der Waals surface area (Å²) in [5, 5.41) is 0. The van der Waals surface area contributed by atoms with Crippen molar-refractivity contribution in [1.82, 2.24) is 0 Å². The fourth-order valence-corrected chi connectivity index (χ4v) is 7.15. The molecular weight excluding hydrogens is 460 g/mol. The lowest BCUT2D eigenvalue weighted by molar-refractivity contribution is -0.178. The van der Waals surface area contributed by atoms with E-state index in [1.54, 1.807) is 0 Å². The van der Waals surface area contributed by atoms with Gasteiger partial charge in [-0.05, 0) is 68.9 Å². The molecular formula is C33H46O4. The number of ether oxygens (including phenoxy) is 2. The zero-order chi connectivity index (χ0) is 26.8. The molecule has 202 valence electrons. The first-order chi connectivity index (χ1) is 17.8. The van der Waals surface area contributed by atoms with Crippen LogP contribution in [0.15, 0.2) is 59.8 Å². The highest BCUT2D eigenvalue weighted by atomic mass is 16.6. The number of esters is 2. The Morgan fingerprint density at radius 2 is 1.14 bits per heavy atom. The first-order valence-corrected chi connectivity index (χ1v) is 14.7. The second-order valence-electron chi connectivity index (χ2n) is 11.3. The van der Waals surface area contributed by atoms with Crippen molar-refractivity contribution in [3.8, 4) is 0 Å². The molecule has 4 aliphatic rings. The minimum atomic E-state index is -0.657. The van der Waals surface area contributed by atoms with Crippen LogP contribution in [0.25, 0.3) is 0 Å². The molecule has 0 aromatic heterocycles. The van der Waals surface area contributed by atoms with Crippen LogP contribution in [0.1, 0.15) is 86.5 Å². The molecule has 4 nitrogen and oxygen atoms in total. The normalized spacial score (nSPS) is 37.9. The number of carbonyl (C=O) groups is 2. The smallest absolute Gasteiger partial charge is 0.311 e. The summed E-state index contributed by atoms with van der Waals surface area (Å²) in [6.07, 6.45) is 23.1. The molecule has 0 aromatic rings. The average Bonchev–Trinajstić information content (AvgIpc) is 3.55. The number of hydrogen-bond acceptors (Lipinski definition) is 4. The van der Waals surface area contributed by atoms with Crippen LogP contribution in [0.5, 0.6) is 0 Å². The van der Waals surface area contributed by atoms with E-state index in [1.165, 1.54) is 11.1 Å². The lowest BCUT2D eigenvalue weighted by Gasteiger charge is -2.41. The monoisotopic (exact) mass is 506 g/mol. The van der Waals surface area contributed by atoms with Gasteiger partial charge in [-0.25, -0.2) is 0 Å². The maximum Gasteiger partial charge on any atom is 0.311 e. The van der Waals surface area contributed by atoms with Gasteiger partial charge in [0.05, 0.1) is 11.8 Å². The first-order valence-electron chi connectivity index (χ1n) is 14.7. The Bertz CT molecular complexity index is 949. The Labute approximate surface area is 223 Å². The highest BCUT2D eigenvalue weighted by Crippen LogP contribution is 2.51. The summed E-state index contributed by atoms with van der Waals surface area (Å²) in [5.41, 5.74) is 1.26. The minimum Gasteiger partial charge on any atom is -0.454 e. The van der Waals surface area contributed by atoms with Crippen molar-refractivity contribution in [2.75, 3.05) is 0 Å². The topological polar surface area (TPSA) is 52.6 Å². The van der Waals surface area contributed by atoms with Crippen molar-refractivity contribution in [2.24, 2.45) is 35.5 Å². The van der Waals surface area contributed by atoms with Gasteiger partial charge in [-0.1, -0.05) is 89.1 Å². The van der Waals surface area contributed by atoms with Crippen LogP contribution in [0, 0.1) is 35.5 Å². The van der Waals surface area contributed by atoms with E-state index in [1.807, 2.05) is 0 Å². The van der Waals surface area contributed by atoms with Gasteiger partial charge in [0.1, 0.15) is 11.2 Å². The zero-order valence-corrected chi connectivity index (χ0v) is 23.7. The van der Waals surface area contributed by atoms with E-state index in [0.29, 0.717) is 12.8 Å². The second kappa shape index (κ2) is 11.2. The summed E-state index contributed by atoms with van der Waals surface area (Å²) in [6, 6.07) is 0. The lowest BCUT2D eigenvalue weighted by Crippen LogP contribution is -2.47. The van der Waals surface area contributed by atoms with E-state index in [0.717, 1.165) is 32.1 Å². The Balaban J connectivity index is 1.57. The van der Waals surface area contributed by atoms with Gasteiger partial charge >= 0.3 is 11.9 Å². The molecule has 0 N–H and O–H groups in total. The van der Waals surface area contributed by atoms with Gasteiger partial charge in [0.25, 0.3) is 0 Å². The first kappa shape index (κ1) is 27.7. The molecule has 0 aromatic carbocycles. The molecule has 8 unspecified atom stereocenters. The van der Waals surface area contributed by atoms with Crippen LogP contribution in [-0.4, -0.2) is 23.1 Å². The predicted molar refractivity (Wildman–Crippen MR) is 149 cm³/mol. The average molecular weight is 507 g/mol. The SMILES string of the molecule is CCC1=CC(CC)C(CC)(OC(=O)C2C3C=CC(C3)C2C(=O)OC2(CC)C=CC(CC)=CC2CC)C=C1. The Kier molecular flexibility index (Phi) is 8.35. The summed E-state index contributed by atoms with van der Waals surface area (Å²) in [6.45, 7) is 12.8. The van der Waals surface area contributed by atoms with E-state index in [4.69, 9.17) is 9.47 Å². The van der Waals surface area contributed by atoms with Crippen LogP contribution in [0.3, 0.4) is 0 Å². The third-order valence-electron chi connectivity index (χ3n) is 9.63. The number of rotatable bonds is 10. The van der Waals surface area contributed by atoms with E-state index in [2.05, 4.69) is 90.2 Å². The summed E-state index contributed by atoms with van der Waals surface area (Å²) >= 11 is 0. The van der Waals surface area contributed by atoms with Crippen LogP contribution < -0.4 is 0 Å². The fourth-order valence-electron chi connectivity index (χ4n) is 7.15. The third kappa shape index (κ3) is 4.93. The quantitative estimate of drug-likeness (QED) is 0.225. The van der Waals surface area contributed by atoms with Gasteiger partial charge in [-0.15, -0.1) is 0 Å². The fraction of sp³-hybridized carbons (Fsp3) is 0.636. The maximum absolute atomic E-state index is 13.9. The zero-order valence-electron chi connectivity index (χ0n) is 23.7. The van der Waals surface area contributed by atoms with Crippen molar-refractivity contribution in [1.29, 1.82) is 0 Å². The molecule has 0 amide bonds. The number of hydrogen-bond donors (Lipinski definition) is 0. The van der Waals surface area contributed by atoms with Crippen molar-refractivity contribution in [2.45, 2.75) is 97.7 Å². The highest BCUT2D eigenvalue weighted by Gasteiger charge is 2.56. The van der Waals surface area contributed by atoms with Crippen LogP contribution in [-0.2, 0) is 19.1 Å². The number of carbonyl (C=O) groups excluding carboxylic acids is 2. The van der Waals surface area contributed by atoms with Crippen molar-refractivity contribution >= 4 is 11.9 Å². The third-order valence-corrected chi connectivity index (χ3v) is 9.63. The van der Waals surface area contributed by atoms with Gasteiger partial charge in [0, 0.05) is 11.8 Å². The minimum absolute atomic E-state index is 0.0337. The molecule has 0 spiro atoms.